The maximum absolute atomic E-state index is 12.5. The zero-order chi connectivity index (χ0) is 20.1. The van der Waals surface area contributed by atoms with Gasteiger partial charge in [0.25, 0.3) is 0 Å². The summed E-state index contributed by atoms with van der Waals surface area (Å²) in [4.78, 5) is 16.3. The number of piperazine rings is 1. The van der Waals surface area contributed by atoms with Gasteiger partial charge in [-0.3, -0.25) is 9.69 Å². The van der Waals surface area contributed by atoms with Crippen molar-refractivity contribution in [2.24, 2.45) is 0 Å². The molecule has 0 saturated carbocycles. The molecule has 2 heterocycles. The number of fused-ring (bicyclic) bond motifs is 1. The van der Waals surface area contributed by atoms with Gasteiger partial charge in [0.1, 0.15) is 23.1 Å². The summed E-state index contributed by atoms with van der Waals surface area (Å²) in [5.74, 6) is 1.84. The number of methoxy groups -OCH3 is 1. The number of sulfone groups is 1. The smallest absolute Gasteiger partial charge is 0.246 e. The largest absolute Gasteiger partial charge is 0.493 e. The second-order valence-corrected chi connectivity index (χ2v) is 9.14. The summed E-state index contributed by atoms with van der Waals surface area (Å²) in [6, 6.07) is 3.63. The fraction of sp³-hybridized carbons (Fsp3) is 0.526. The van der Waals surface area contributed by atoms with Crippen molar-refractivity contribution in [3.63, 3.8) is 0 Å². The molecule has 28 heavy (non-hydrogen) atoms. The summed E-state index contributed by atoms with van der Waals surface area (Å²) in [5.41, 5.74) is 0.793. The first kappa shape index (κ1) is 20.5. The number of hydrogen-bond acceptors (Lipinski definition) is 7. The zero-order valence-corrected chi connectivity index (χ0v) is 17.0. The molecule has 3 rings (SSSR count). The summed E-state index contributed by atoms with van der Waals surface area (Å²) in [6.45, 7) is 3.97. The molecular formula is C19H26N2O6S. The molecule has 1 amide bonds. The molecule has 0 spiro atoms. The highest BCUT2D eigenvalue weighted by Gasteiger charge is 2.21. The summed E-state index contributed by atoms with van der Waals surface area (Å²) < 4.78 is 39.1. The Morgan fingerprint density at radius 2 is 1.89 bits per heavy atom. The van der Waals surface area contributed by atoms with Crippen LogP contribution in [-0.4, -0.2) is 89.2 Å². The molecule has 154 valence electrons. The number of ether oxygens (including phenoxy) is 3. The van der Waals surface area contributed by atoms with E-state index < -0.39 is 9.84 Å². The highest BCUT2D eigenvalue weighted by Crippen LogP contribution is 2.40. The summed E-state index contributed by atoms with van der Waals surface area (Å²) in [7, 11) is -1.40. The first-order valence-electron chi connectivity index (χ1n) is 9.20. The third-order valence-electron chi connectivity index (χ3n) is 4.73. The minimum Gasteiger partial charge on any atom is -0.493 e. The van der Waals surface area contributed by atoms with Crippen LogP contribution < -0.4 is 14.2 Å². The molecule has 0 bridgehead atoms. The Morgan fingerprint density at radius 1 is 1.18 bits per heavy atom. The van der Waals surface area contributed by atoms with Crippen LogP contribution in [0.2, 0.25) is 0 Å². The lowest BCUT2D eigenvalue weighted by atomic mass is 10.1. The quantitative estimate of drug-likeness (QED) is 0.637. The van der Waals surface area contributed by atoms with Crippen LogP contribution in [-0.2, 0) is 14.6 Å². The van der Waals surface area contributed by atoms with Gasteiger partial charge in [0, 0.05) is 45.1 Å². The lowest BCUT2D eigenvalue weighted by Crippen LogP contribution is -2.49. The highest BCUT2D eigenvalue weighted by molar-refractivity contribution is 7.90. The number of hydrogen-bond donors (Lipinski definition) is 0. The first-order valence-corrected chi connectivity index (χ1v) is 11.3. The number of amides is 1. The Balaban J connectivity index is 1.57. The molecule has 0 atom stereocenters. The number of carbonyl (C=O) groups is 1. The number of rotatable bonds is 6. The SMILES string of the molecule is COc1cc(/C=C/C(=O)N2CCN(CCS(C)(=O)=O)CC2)cc2c1OCCO2. The van der Waals surface area contributed by atoms with E-state index in [1.807, 2.05) is 6.07 Å². The van der Waals surface area contributed by atoms with E-state index in [-0.39, 0.29) is 11.7 Å². The average molecular weight is 410 g/mol. The highest BCUT2D eigenvalue weighted by atomic mass is 32.2. The maximum atomic E-state index is 12.5. The average Bonchev–Trinajstić information content (AvgIpc) is 2.69. The van der Waals surface area contributed by atoms with E-state index in [2.05, 4.69) is 4.90 Å². The minimum atomic E-state index is -2.97. The van der Waals surface area contributed by atoms with Crippen molar-refractivity contribution in [1.29, 1.82) is 0 Å². The van der Waals surface area contributed by atoms with Crippen LogP contribution in [0.5, 0.6) is 17.2 Å². The fourth-order valence-electron chi connectivity index (χ4n) is 3.15. The molecular weight excluding hydrogens is 384 g/mol. The lowest BCUT2D eigenvalue weighted by Gasteiger charge is -2.34. The molecule has 0 aromatic heterocycles. The van der Waals surface area contributed by atoms with Crippen molar-refractivity contribution in [3.8, 4) is 17.2 Å². The summed E-state index contributed by atoms with van der Waals surface area (Å²) in [5, 5.41) is 0. The van der Waals surface area contributed by atoms with Crippen molar-refractivity contribution < 1.29 is 27.4 Å². The molecule has 9 heteroatoms. The van der Waals surface area contributed by atoms with Crippen molar-refractivity contribution in [1.82, 2.24) is 9.80 Å². The van der Waals surface area contributed by atoms with Gasteiger partial charge in [-0.05, 0) is 23.8 Å². The normalized spacial score (nSPS) is 17.7. The minimum absolute atomic E-state index is 0.0726. The lowest BCUT2D eigenvalue weighted by molar-refractivity contribution is -0.127. The van der Waals surface area contributed by atoms with Gasteiger partial charge in [-0.2, -0.15) is 0 Å². The zero-order valence-electron chi connectivity index (χ0n) is 16.2. The maximum Gasteiger partial charge on any atom is 0.246 e. The van der Waals surface area contributed by atoms with E-state index in [1.165, 1.54) is 12.3 Å². The molecule has 1 fully saturated rings. The van der Waals surface area contributed by atoms with Crippen LogP contribution in [0.25, 0.3) is 6.08 Å². The molecule has 2 aliphatic rings. The Morgan fingerprint density at radius 3 is 2.57 bits per heavy atom. The van der Waals surface area contributed by atoms with Crippen molar-refractivity contribution in [3.05, 3.63) is 23.8 Å². The van der Waals surface area contributed by atoms with Gasteiger partial charge in [0.05, 0.1) is 12.9 Å². The van der Waals surface area contributed by atoms with E-state index in [0.717, 1.165) is 5.56 Å². The van der Waals surface area contributed by atoms with Crippen LogP contribution in [0.15, 0.2) is 18.2 Å². The van der Waals surface area contributed by atoms with Crippen LogP contribution in [0.1, 0.15) is 5.56 Å². The van der Waals surface area contributed by atoms with Crippen LogP contribution in [0.4, 0.5) is 0 Å². The van der Waals surface area contributed by atoms with Crippen LogP contribution in [0, 0.1) is 0 Å². The molecule has 0 radical (unpaired) electrons. The standard InChI is InChI=1S/C19H26N2O6S/c1-25-16-13-15(14-17-19(16)27-11-10-26-17)3-4-18(22)21-7-5-20(6-8-21)9-12-28(2,23)24/h3-4,13-14H,5-12H2,1-2H3/b4-3+. The van der Waals surface area contributed by atoms with Crippen molar-refractivity contribution >= 4 is 21.8 Å². The van der Waals surface area contributed by atoms with Gasteiger partial charge in [-0.25, -0.2) is 8.42 Å². The molecule has 1 aromatic rings. The van der Waals surface area contributed by atoms with E-state index in [4.69, 9.17) is 14.2 Å². The van der Waals surface area contributed by atoms with E-state index in [1.54, 1.807) is 24.2 Å². The number of carbonyl (C=O) groups excluding carboxylic acids is 1. The second kappa shape index (κ2) is 8.83. The molecule has 1 aromatic carbocycles. The summed E-state index contributed by atoms with van der Waals surface area (Å²) in [6.07, 6.45) is 4.51. The third kappa shape index (κ3) is 5.39. The van der Waals surface area contributed by atoms with E-state index >= 15 is 0 Å². The second-order valence-electron chi connectivity index (χ2n) is 6.88. The van der Waals surface area contributed by atoms with Crippen molar-refractivity contribution in [2.45, 2.75) is 0 Å². The van der Waals surface area contributed by atoms with E-state index in [9.17, 15) is 13.2 Å². The first-order chi connectivity index (χ1) is 13.4. The van der Waals surface area contributed by atoms with Gasteiger partial charge in [0.2, 0.25) is 11.7 Å². The monoisotopic (exact) mass is 410 g/mol. The van der Waals surface area contributed by atoms with Crippen molar-refractivity contribution in [2.75, 3.05) is 65.1 Å². The third-order valence-corrected chi connectivity index (χ3v) is 5.66. The molecule has 0 N–H and O–H groups in total. The van der Waals surface area contributed by atoms with Crippen LogP contribution in [0.3, 0.4) is 0 Å². The molecule has 0 unspecified atom stereocenters. The topological polar surface area (TPSA) is 85.4 Å². The molecule has 8 nitrogen and oxygen atoms in total. The van der Waals surface area contributed by atoms with Crippen LogP contribution >= 0.6 is 0 Å². The predicted octanol–water partition coefficient (Wildman–Crippen LogP) is 0.668. The molecule has 1 saturated heterocycles. The Hall–Kier alpha value is -2.26. The number of benzene rings is 1. The Labute approximate surface area is 165 Å². The van der Waals surface area contributed by atoms with Gasteiger partial charge in [0.15, 0.2) is 11.5 Å². The fourth-order valence-corrected chi connectivity index (χ4v) is 3.74. The number of nitrogens with zero attached hydrogens (tertiary/aromatic N) is 2. The Kier molecular flexibility index (Phi) is 6.46. The van der Waals surface area contributed by atoms with Gasteiger partial charge >= 0.3 is 0 Å². The van der Waals surface area contributed by atoms with Gasteiger partial charge in [-0.15, -0.1) is 0 Å². The summed E-state index contributed by atoms with van der Waals surface area (Å²) >= 11 is 0. The van der Waals surface area contributed by atoms with Gasteiger partial charge in [-0.1, -0.05) is 0 Å². The molecule has 2 aliphatic heterocycles. The Bertz CT molecular complexity index is 827. The molecule has 0 aliphatic carbocycles. The predicted molar refractivity (Wildman–Crippen MR) is 106 cm³/mol. The van der Waals surface area contributed by atoms with Gasteiger partial charge < -0.3 is 19.1 Å². The van der Waals surface area contributed by atoms with E-state index in [0.29, 0.717) is 63.2 Å².